The van der Waals surface area contributed by atoms with E-state index in [9.17, 15) is 19.2 Å². The molecular weight excluding hydrogens is 344 g/mol. The second-order valence-corrected chi connectivity index (χ2v) is 7.35. The lowest BCUT2D eigenvalue weighted by Gasteiger charge is -2.54. The van der Waals surface area contributed by atoms with Crippen molar-refractivity contribution in [2.45, 2.75) is 31.3 Å². The van der Waals surface area contributed by atoms with Crippen molar-refractivity contribution in [3.05, 3.63) is 36.0 Å². The molecule has 3 aliphatic rings. The predicted octanol–water partition coefficient (Wildman–Crippen LogP) is 0.629. The number of fused-ring (bicyclic) bond motifs is 1. The Morgan fingerprint density at radius 3 is 2.56 bits per heavy atom. The van der Waals surface area contributed by atoms with Gasteiger partial charge in [0.2, 0.25) is 0 Å². The molecule has 0 aromatic carbocycles. The highest BCUT2D eigenvalue weighted by molar-refractivity contribution is 8.00. The van der Waals surface area contributed by atoms with E-state index >= 15 is 0 Å². The van der Waals surface area contributed by atoms with Crippen LogP contribution in [0.25, 0.3) is 0 Å². The zero-order valence-corrected chi connectivity index (χ0v) is 14.7. The quantitative estimate of drug-likeness (QED) is 0.316. The fourth-order valence-corrected chi connectivity index (χ4v) is 4.31. The van der Waals surface area contributed by atoms with Crippen LogP contribution in [0.1, 0.15) is 13.8 Å². The van der Waals surface area contributed by atoms with Gasteiger partial charge in [0.1, 0.15) is 18.0 Å². The molecule has 8 heteroatoms. The zero-order valence-electron chi connectivity index (χ0n) is 13.9. The maximum absolute atomic E-state index is 12.6. The topological polar surface area (TPSA) is 84.0 Å². The van der Waals surface area contributed by atoms with E-state index in [0.717, 1.165) is 22.6 Å². The van der Waals surface area contributed by atoms with Gasteiger partial charge in [-0.15, -0.1) is 11.8 Å². The average molecular weight is 362 g/mol. The smallest absolute Gasteiger partial charge is 0.333 e. The van der Waals surface area contributed by atoms with E-state index in [1.165, 1.54) is 16.7 Å². The monoisotopic (exact) mass is 362 g/mol. The summed E-state index contributed by atoms with van der Waals surface area (Å²) in [7, 11) is 0. The second kappa shape index (κ2) is 6.51. The van der Waals surface area contributed by atoms with Crippen LogP contribution < -0.4 is 0 Å². The molecule has 3 heterocycles. The zero-order chi connectivity index (χ0) is 18.3. The molecule has 0 saturated carbocycles. The highest BCUT2D eigenvalue weighted by Crippen LogP contribution is 2.42. The van der Waals surface area contributed by atoms with Crippen LogP contribution >= 0.6 is 11.8 Å². The van der Waals surface area contributed by atoms with Crippen molar-refractivity contribution in [3.63, 3.8) is 0 Å². The predicted molar refractivity (Wildman–Crippen MR) is 91.2 cm³/mol. The SMILES string of the molecule is C=C1CS[C@@H]2C(N3C(=O)C=CC3=O)C(=O)N2C1C(=O)OCC=C(C)C. The summed E-state index contributed by atoms with van der Waals surface area (Å²) in [6.07, 6.45) is 4.06. The van der Waals surface area contributed by atoms with E-state index in [2.05, 4.69) is 6.58 Å². The minimum absolute atomic E-state index is 0.126. The van der Waals surface area contributed by atoms with E-state index in [1.807, 2.05) is 13.8 Å². The minimum atomic E-state index is -0.874. The molecule has 2 fully saturated rings. The van der Waals surface area contributed by atoms with Gasteiger partial charge >= 0.3 is 5.97 Å². The lowest BCUT2D eigenvalue weighted by Crippen LogP contribution is -2.75. The number of thioether (sulfide) groups is 1. The van der Waals surface area contributed by atoms with Crippen LogP contribution in [0, 0.1) is 0 Å². The number of amides is 3. The van der Waals surface area contributed by atoms with E-state index in [4.69, 9.17) is 4.74 Å². The summed E-state index contributed by atoms with van der Waals surface area (Å²) in [5.41, 5.74) is 1.59. The lowest BCUT2D eigenvalue weighted by atomic mass is 9.97. The Hall–Kier alpha value is -2.35. The van der Waals surface area contributed by atoms with Crippen molar-refractivity contribution >= 4 is 35.5 Å². The highest BCUT2D eigenvalue weighted by atomic mass is 32.2. The number of carbonyl (C=O) groups is 4. The van der Waals surface area contributed by atoms with Gasteiger partial charge in [0.15, 0.2) is 6.04 Å². The first kappa shape index (κ1) is 17.5. The first-order valence-corrected chi connectivity index (χ1v) is 8.84. The molecule has 0 spiro atoms. The van der Waals surface area contributed by atoms with Gasteiger partial charge in [-0.1, -0.05) is 12.2 Å². The summed E-state index contributed by atoms with van der Waals surface area (Å²) in [4.78, 5) is 51.0. The van der Waals surface area contributed by atoms with Crippen LogP contribution in [-0.2, 0) is 23.9 Å². The first-order valence-electron chi connectivity index (χ1n) is 7.79. The number of hydrogen-bond donors (Lipinski definition) is 0. The number of allylic oxidation sites excluding steroid dienone is 1. The van der Waals surface area contributed by atoms with Gasteiger partial charge in [0.25, 0.3) is 17.7 Å². The standard InChI is InChI=1S/C17H18N2O5S/c1-9(2)6-7-24-17(23)13-10(3)8-25-16-14(15(22)19(13)16)18-11(20)4-5-12(18)21/h4-6,13-14,16H,3,7-8H2,1-2H3/t13?,14?,16-/m1/s1. The van der Waals surface area contributed by atoms with Crippen LogP contribution in [0.5, 0.6) is 0 Å². The van der Waals surface area contributed by atoms with Crippen molar-refractivity contribution in [1.29, 1.82) is 0 Å². The molecule has 7 nitrogen and oxygen atoms in total. The molecule has 3 atom stereocenters. The molecule has 0 aliphatic carbocycles. The summed E-state index contributed by atoms with van der Waals surface area (Å²) in [5, 5.41) is -0.452. The number of imide groups is 1. The van der Waals surface area contributed by atoms with Crippen molar-refractivity contribution in [1.82, 2.24) is 9.80 Å². The molecule has 2 unspecified atom stereocenters. The van der Waals surface area contributed by atoms with Crippen LogP contribution in [0.4, 0.5) is 0 Å². The molecule has 0 N–H and O–H groups in total. The summed E-state index contributed by atoms with van der Waals surface area (Å²) in [6, 6.07) is -1.75. The van der Waals surface area contributed by atoms with Crippen molar-refractivity contribution in [3.8, 4) is 0 Å². The third-order valence-corrected chi connectivity index (χ3v) is 5.58. The Morgan fingerprint density at radius 2 is 1.96 bits per heavy atom. The first-order chi connectivity index (χ1) is 11.8. The number of carbonyl (C=O) groups excluding carboxylic acids is 4. The average Bonchev–Trinajstić information content (AvgIpc) is 2.87. The third kappa shape index (κ3) is 2.90. The Balaban J connectivity index is 1.75. The lowest BCUT2D eigenvalue weighted by molar-refractivity contribution is -0.170. The van der Waals surface area contributed by atoms with Crippen LogP contribution in [0.3, 0.4) is 0 Å². The van der Waals surface area contributed by atoms with Crippen LogP contribution in [-0.4, -0.2) is 63.3 Å². The molecule has 3 rings (SSSR count). The number of rotatable bonds is 4. The van der Waals surface area contributed by atoms with E-state index in [-0.39, 0.29) is 6.61 Å². The molecule has 2 saturated heterocycles. The summed E-state index contributed by atoms with van der Waals surface area (Å²) >= 11 is 1.39. The Morgan fingerprint density at radius 1 is 1.32 bits per heavy atom. The van der Waals surface area contributed by atoms with E-state index < -0.39 is 41.1 Å². The van der Waals surface area contributed by atoms with Gasteiger partial charge in [0, 0.05) is 17.9 Å². The number of ether oxygens (including phenoxy) is 1. The van der Waals surface area contributed by atoms with E-state index in [0.29, 0.717) is 11.3 Å². The summed E-state index contributed by atoms with van der Waals surface area (Å²) in [6.45, 7) is 7.78. The number of hydrogen-bond acceptors (Lipinski definition) is 6. The maximum Gasteiger partial charge on any atom is 0.333 e. The normalized spacial score (nSPS) is 28.0. The van der Waals surface area contributed by atoms with Gasteiger partial charge in [-0.2, -0.15) is 0 Å². The Labute approximate surface area is 149 Å². The molecule has 0 bridgehead atoms. The molecule has 0 aromatic rings. The Kier molecular flexibility index (Phi) is 4.55. The van der Waals surface area contributed by atoms with Crippen LogP contribution in [0.15, 0.2) is 36.0 Å². The maximum atomic E-state index is 12.6. The molecule has 0 radical (unpaired) electrons. The number of nitrogens with zero attached hydrogens (tertiary/aromatic N) is 2. The minimum Gasteiger partial charge on any atom is -0.460 e. The molecule has 0 aromatic heterocycles. The van der Waals surface area contributed by atoms with Gasteiger partial charge in [-0.25, -0.2) is 4.79 Å². The van der Waals surface area contributed by atoms with Gasteiger partial charge < -0.3 is 9.64 Å². The van der Waals surface area contributed by atoms with Crippen molar-refractivity contribution < 1.29 is 23.9 Å². The molecule has 132 valence electrons. The largest absolute Gasteiger partial charge is 0.460 e. The Bertz CT molecular complexity index is 719. The van der Waals surface area contributed by atoms with Crippen LogP contribution in [0.2, 0.25) is 0 Å². The number of β-lactam (4-membered cyclic amide) rings is 1. The summed E-state index contributed by atoms with van der Waals surface area (Å²) in [5.74, 6) is -1.53. The number of esters is 1. The molecule has 3 aliphatic heterocycles. The van der Waals surface area contributed by atoms with Gasteiger partial charge in [-0.05, 0) is 25.5 Å². The molecule has 3 amide bonds. The molecule has 25 heavy (non-hydrogen) atoms. The fourth-order valence-electron chi connectivity index (χ4n) is 2.96. The second-order valence-electron chi connectivity index (χ2n) is 6.24. The van der Waals surface area contributed by atoms with E-state index in [1.54, 1.807) is 6.08 Å². The fraction of sp³-hybridized carbons (Fsp3) is 0.412. The summed E-state index contributed by atoms with van der Waals surface area (Å²) < 4.78 is 5.23. The van der Waals surface area contributed by atoms with Crippen molar-refractivity contribution in [2.75, 3.05) is 12.4 Å². The van der Waals surface area contributed by atoms with Gasteiger partial charge in [0.05, 0.1) is 0 Å². The third-order valence-electron chi connectivity index (χ3n) is 4.22. The highest BCUT2D eigenvalue weighted by Gasteiger charge is 2.60. The molecular formula is C17H18N2O5S. The van der Waals surface area contributed by atoms with Crippen molar-refractivity contribution in [2.24, 2.45) is 0 Å². The van der Waals surface area contributed by atoms with Gasteiger partial charge in [-0.3, -0.25) is 19.3 Å².